The molecule has 0 radical (unpaired) electrons. The fourth-order valence-corrected chi connectivity index (χ4v) is 2.90. The number of anilines is 2. The minimum Gasteiger partial charge on any atom is -0.439 e. The number of hydrogen-bond acceptors (Lipinski definition) is 4. The number of amides is 1. The number of carbonyl (C=O) groups excluding carboxylic acids is 1. The molecular formula is C19H22N2O3. The smallest absolute Gasteiger partial charge is 0.412 e. The lowest BCUT2D eigenvalue weighted by atomic mass is 10.0. The molecule has 1 amide bonds. The van der Waals surface area contributed by atoms with Crippen molar-refractivity contribution in [2.24, 2.45) is 0 Å². The van der Waals surface area contributed by atoms with Crippen LogP contribution in [0.4, 0.5) is 16.2 Å². The summed E-state index contributed by atoms with van der Waals surface area (Å²) in [5.41, 5.74) is 4.01. The molecule has 0 saturated carbocycles. The fourth-order valence-electron chi connectivity index (χ4n) is 2.90. The Kier molecular flexibility index (Phi) is 5.01. The van der Waals surface area contributed by atoms with Gasteiger partial charge in [0.1, 0.15) is 0 Å². The zero-order valence-corrected chi connectivity index (χ0v) is 13.9. The van der Waals surface area contributed by atoms with Crippen molar-refractivity contribution >= 4 is 17.5 Å². The van der Waals surface area contributed by atoms with E-state index in [4.69, 9.17) is 9.47 Å². The lowest BCUT2D eigenvalue weighted by molar-refractivity contribution is 0.0456. The molecule has 5 nitrogen and oxygen atoms in total. The van der Waals surface area contributed by atoms with E-state index < -0.39 is 12.2 Å². The maximum absolute atomic E-state index is 12.2. The van der Waals surface area contributed by atoms with Gasteiger partial charge < -0.3 is 14.8 Å². The molecule has 126 valence electrons. The van der Waals surface area contributed by atoms with Gasteiger partial charge in [-0.05, 0) is 42.7 Å². The number of ether oxygens (including phenoxy) is 2. The van der Waals surface area contributed by atoms with E-state index in [0.29, 0.717) is 18.3 Å². The van der Waals surface area contributed by atoms with Gasteiger partial charge in [-0.3, -0.25) is 5.32 Å². The Labute approximate surface area is 142 Å². The molecule has 0 bridgehead atoms. The van der Waals surface area contributed by atoms with Crippen molar-refractivity contribution in [3.05, 3.63) is 59.7 Å². The Balaban J connectivity index is 1.71. The Morgan fingerprint density at radius 1 is 1.29 bits per heavy atom. The van der Waals surface area contributed by atoms with Gasteiger partial charge >= 0.3 is 6.09 Å². The molecule has 24 heavy (non-hydrogen) atoms. The summed E-state index contributed by atoms with van der Waals surface area (Å²) < 4.78 is 10.8. The van der Waals surface area contributed by atoms with Crippen molar-refractivity contribution in [2.45, 2.75) is 25.5 Å². The minimum absolute atomic E-state index is 0.302. The first-order valence-corrected chi connectivity index (χ1v) is 8.06. The predicted molar refractivity (Wildman–Crippen MR) is 94.4 cm³/mol. The predicted octanol–water partition coefficient (Wildman–Crippen LogP) is 3.98. The molecular weight excluding hydrogens is 304 g/mol. The monoisotopic (exact) mass is 326 g/mol. The SMILES string of the molecule is COCC(OC(=O)Nc1ccccc1)c1ccc2c(c1)NC(C)C2. The van der Waals surface area contributed by atoms with Gasteiger partial charge in [0.2, 0.25) is 0 Å². The van der Waals surface area contributed by atoms with Crippen molar-refractivity contribution in [3.8, 4) is 0 Å². The van der Waals surface area contributed by atoms with E-state index in [1.807, 2.05) is 42.5 Å². The van der Waals surface area contributed by atoms with Crippen LogP contribution in [0.15, 0.2) is 48.5 Å². The molecule has 2 atom stereocenters. The quantitative estimate of drug-likeness (QED) is 0.872. The van der Waals surface area contributed by atoms with Crippen LogP contribution < -0.4 is 10.6 Å². The molecule has 0 saturated heterocycles. The summed E-state index contributed by atoms with van der Waals surface area (Å²) in [7, 11) is 1.60. The summed E-state index contributed by atoms with van der Waals surface area (Å²) in [6, 6.07) is 15.8. The van der Waals surface area contributed by atoms with E-state index in [0.717, 1.165) is 17.7 Å². The van der Waals surface area contributed by atoms with Gasteiger partial charge in [0.25, 0.3) is 0 Å². The number of rotatable bonds is 5. The van der Waals surface area contributed by atoms with E-state index in [1.165, 1.54) is 5.56 Å². The molecule has 2 aromatic carbocycles. The average Bonchev–Trinajstić information content (AvgIpc) is 2.94. The molecule has 5 heteroatoms. The van der Waals surface area contributed by atoms with E-state index in [-0.39, 0.29) is 0 Å². The Hall–Kier alpha value is -2.53. The standard InChI is InChI=1S/C19H22N2O3/c1-13-10-14-8-9-15(11-17(14)20-13)18(12-23-2)24-19(22)21-16-6-4-3-5-7-16/h3-9,11,13,18,20H,10,12H2,1-2H3,(H,21,22). The summed E-state index contributed by atoms with van der Waals surface area (Å²) in [4.78, 5) is 12.2. The van der Waals surface area contributed by atoms with Crippen LogP contribution in [0.3, 0.4) is 0 Å². The van der Waals surface area contributed by atoms with Crippen LogP contribution in [0, 0.1) is 0 Å². The molecule has 0 spiro atoms. The topological polar surface area (TPSA) is 59.6 Å². The normalized spacial score (nSPS) is 16.8. The number of para-hydroxylation sites is 1. The Morgan fingerprint density at radius 3 is 2.83 bits per heavy atom. The van der Waals surface area contributed by atoms with Gasteiger partial charge in [-0.2, -0.15) is 0 Å². The molecule has 1 aliphatic heterocycles. The molecule has 2 unspecified atom stereocenters. The number of hydrogen-bond donors (Lipinski definition) is 2. The first kappa shape index (κ1) is 16.3. The molecule has 1 heterocycles. The van der Waals surface area contributed by atoms with Crippen LogP contribution in [-0.4, -0.2) is 25.9 Å². The molecule has 3 rings (SSSR count). The molecule has 0 aromatic heterocycles. The second kappa shape index (κ2) is 7.36. The fraction of sp³-hybridized carbons (Fsp3) is 0.316. The van der Waals surface area contributed by atoms with Crippen LogP contribution >= 0.6 is 0 Å². The van der Waals surface area contributed by atoms with Crippen molar-refractivity contribution < 1.29 is 14.3 Å². The highest BCUT2D eigenvalue weighted by Gasteiger charge is 2.21. The molecule has 2 N–H and O–H groups in total. The van der Waals surface area contributed by atoms with Crippen molar-refractivity contribution in [1.29, 1.82) is 0 Å². The minimum atomic E-state index is -0.495. The number of fused-ring (bicyclic) bond motifs is 1. The summed E-state index contributed by atoms with van der Waals surface area (Å²) in [6.45, 7) is 2.45. The van der Waals surface area contributed by atoms with Crippen LogP contribution in [0.2, 0.25) is 0 Å². The average molecular weight is 326 g/mol. The van der Waals surface area contributed by atoms with Crippen molar-refractivity contribution in [1.82, 2.24) is 0 Å². The number of nitrogens with one attached hydrogen (secondary N) is 2. The van der Waals surface area contributed by atoms with Crippen LogP contribution in [0.5, 0.6) is 0 Å². The lowest BCUT2D eigenvalue weighted by Gasteiger charge is -2.19. The molecule has 0 fully saturated rings. The third-order valence-corrected chi connectivity index (χ3v) is 4.02. The maximum Gasteiger partial charge on any atom is 0.412 e. The molecule has 2 aromatic rings. The van der Waals surface area contributed by atoms with Crippen LogP contribution in [0.25, 0.3) is 0 Å². The third-order valence-electron chi connectivity index (χ3n) is 4.02. The summed E-state index contributed by atoms with van der Waals surface area (Å²) in [5, 5.41) is 6.16. The first-order chi connectivity index (χ1) is 11.7. The molecule has 1 aliphatic rings. The second-order valence-electron chi connectivity index (χ2n) is 6.01. The van der Waals surface area contributed by atoms with Gasteiger partial charge in [-0.25, -0.2) is 4.79 Å². The van der Waals surface area contributed by atoms with Crippen molar-refractivity contribution in [3.63, 3.8) is 0 Å². The number of carbonyl (C=O) groups is 1. The highest BCUT2D eigenvalue weighted by Crippen LogP contribution is 2.30. The summed E-state index contributed by atoms with van der Waals surface area (Å²) in [5.74, 6) is 0. The largest absolute Gasteiger partial charge is 0.439 e. The van der Waals surface area contributed by atoms with E-state index in [2.05, 4.69) is 23.6 Å². The Bertz CT molecular complexity index is 703. The van der Waals surface area contributed by atoms with E-state index in [9.17, 15) is 4.79 Å². The highest BCUT2D eigenvalue weighted by atomic mass is 16.6. The highest BCUT2D eigenvalue weighted by molar-refractivity contribution is 5.84. The summed E-state index contributed by atoms with van der Waals surface area (Å²) >= 11 is 0. The Morgan fingerprint density at radius 2 is 2.08 bits per heavy atom. The van der Waals surface area contributed by atoms with Gasteiger partial charge in [0.15, 0.2) is 6.10 Å². The lowest BCUT2D eigenvalue weighted by Crippen LogP contribution is -2.20. The first-order valence-electron chi connectivity index (χ1n) is 8.06. The van der Waals surface area contributed by atoms with Gasteiger partial charge in [0.05, 0.1) is 6.61 Å². The number of methoxy groups -OCH3 is 1. The van der Waals surface area contributed by atoms with Gasteiger partial charge in [-0.15, -0.1) is 0 Å². The maximum atomic E-state index is 12.2. The van der Waals surface area contributed by atoms with Gasteiger partial charge in [-0.1, -0.05) is 30.3 Å². The third kappa shape index (κ3) is 3.86. The van der Waals surface area contributed by atoms with E-state index >= 15 is 0 Å². The van der Waals surface area contributed by atoms with Crippen LogP contribution in [0.1, 0.15) is 24.2 Å². The summed E-state index contributed by atoms with van der Waals surface area (Å²) in [6.07, 6.45) is 0.0618. The van der Waals surface area contributed by atoms with Gasteiger partial charge in [0, 0.05) is 24.5 Å². The van der Waals surface area contributed by atoms with E-state index in [1.54, 1.807) is 7.11 Å². The second-order valence-corrected chi connectivity index (χ2v) is 6.01. The van der Waals surface area contributed by atoms with Crippen LogP contribution in [-0.2, 0) is 15.9 Å². The zero-order valence-electron chi connectivity index (χ0n) is 13.9. The van der Waals surface area contributed by atoms with Crippen molar-refractivity contribution in [2.75, 3.05) is 24.4 Å². The molecule has 0 aliphatic carbocycles. The zero-order chi connectivity index (χ0) is 16.9. The number of benzene rings is 2.